The largest absolute Gasteiger partial charge is 0.326 e. The monoisotopic (exact) mass is 381 g/mol. The number of amides is 4. The molecule has 3 heterocycles. The maximum atomic E-state index is 12.8. The first-order chi connectivity index (χ1) is 13.4. The van der Waals surface area contributed by atoms with Crippen LogP contribution in [0.1, 0.15) is 39.3 Å². The Labute approximate surface area is 158 Å². The van der Waals surface area contributed by atoms with E-state index in [9.17, 15) is 24.0 Å². The summed E-state index contributed by atoms with van der Waals surface area (Å²) in [6, 6.07) is 4.08. The first kappa shape index (κ1) is 17.6. The number of anilines is 1. The molecule has 0 saturated carbocycles. The van der Waals surface area contributed by atoms with Crippen LogP contribution in [0.2, 0.25) is 0 Å². The van der Waals surface area contributed by atoms with Crippen molar-refractivity contribution in [3.63, 3.8) is 0 Å². The number of H-pyrrole nitrogens is 1. The maximum Gasteiger partial charge on any atom is 0.280 e. The van der Waals surface area contributed by atoms with Crippen molar-refractivity contribution < 1.29 is 19.2 Å². The molecule has 2 aromatic rings. The van der Waals surface area contributed by atoms with Crippen molar-refractivity contribution in [3.05, 3.63) is 57.8 Å². The number of nitrogens with one attached hydrogen (secondary N) is 3. The molecule has 28 heavy (non-hydrogen) atoms. The van der Waals surface area contributed by atoms with E-state index in [4.69, 9.17) is 0 Å². The highest BCUT2D eigenvalue weighted by molar-refractivity contribution is 6.07. The van der Waals surface area contributed by atoms with Crippen LogP contribution >= 0.6 is 0 Å². The van der Waals surface area contributed by atoms with Crippen LogP contribution in [0.4, 0.5) is 5.69 Å². The predicted octanol–water partition coefficient (Wildman–Crippen LogP) is -0.217. The lowest BCUT2D eigenvalue weighted by Gasteiger charge is -2.29. The van der Waals surface area contributed by atoms with Crippen LogP contribution in [0.3, 0.4) is 0 Å². The normalized spacial score (nSPS) is 18.6. The molecule has 1 aromatic heterocycles. The van der Waals surface area contributed by atoms with Gasteiger partial charge in [0.15, 0.2) is 5.69 Å². The lowest BCUT2D eigenvalue weighted by atomic mass is 10.0. The van der Waals surface area contributed by atoms with Gasteiger partial charge < -0.3 is 15.2 Å². The molecule has 0 aliphatic carbocycles. The predicted molar refractivity (Wildman–Crippen MR) is 95.3 cm³/mol. The van der Waals surface area contributed by atoms with Crippen molar-refractivity contribution in [1.82, 2.24) is 20.2 Å². The molecule has 1 aromatic carbocycles. The average Bonchev–Trinajstić information content (AvgIpc) is 2.98. The summed E-state index contributed by atoms with van der Waals surface area (Å²) in [5, 5.41) is 4.79. The van der Waals surface area contributed by atoms with Gasteiger partial charge in [-0.1, -0.05) is 6.07 Å². The number of hydrogen-bond donors (Lipinski definition) is 3. The molecule has 0 spiro atoms. The standard InChI is InChI=1S/C18H15N5O5/c24-13-4-3-12(15(25)22-13)23-8-9-1-2-10(7-11(9)18(23)28)21-17(27)14-16(26)20-6-5-19-14/h1-2,5-7,12H,3-4,8H2,(H,20,26)(H,21,27)(H,22,24,25). The first-order valence-electron chi connectivity index (χ1n) is 8.56. The van der Waals surface area contributed by atoms with Gasteiger partial charge in [-0.3, -0.25) is 29.3 Å². The molecule has 142 valence electrons. The molecule has 10 heteroatoms. The quantitative estimate of drug-likeness (QED) is 0.628. The molecule has 4 rings (SSSR count). The number of nitrogens with zero attached hydrogens (tertiary/aromatic N) is 2. The number of hydrogen-bond acceptors (Lipinski definition) is 6. The Balaban J connectivity index is 1.54. The Morgan fingerprint density at radius 3 is 2.79 bits per heavy atom. The Hall–Kier alpha value is -3.82. The van der Waals surface area contributed by atoms with Gasteiger partial charge in [-0.25, -0.2) is 4.98 Å². The third kappa shape index (κ3) is 3.04. The van der Waals surface area contributed by atoms with Crippen LogP contribution in [0, 0.1) is 0 Å². The second kappa shape index (κ2) is 6.72. The fourth-order valence-electron chi connectivity index (χ4n) is 3.34. The Morgan fingerprint density at radius 1 is 1.21 bits per heavy atom. The second-order valence-electron chi connectivity index (χ2n) is 6.49. The third-order valence-electron chi connectivity index (χ3n) is 4.71. The SMILES string of the molecule is O=C1CCC(N2Cc3ccc(NC(=O)c4ncc[nH]c4=O)cc3C2=O)C(=O)N1. The summed E-state index contributed by atoms with van der Waals surface area (Å²) in [6.07, 6.45) is 3.06. The summed E-state index contributed by atoms with van der Waals surface area (Å²) < 4.78 is 0. The van der Waals surface area contributed by atoms with Crippen molar-refractivity contribution in [2.24, 2.45) is 0 Å². The molecule has 3 N–H and O–H groups in total. The van der Waals surface area contributed by atoms with E-state index in [1.165, 1.54) is 23.4 Å². The number of carbonyl (C=O) groups excluding carboxylic acids is 4. The van der Waals surface area contributed by atoms with Crippen LogP contribution in [-0.4, -0.2) is 44.5 Å². The van der Waals surface area contributed by atoms with E-state index in [1.807, 2.05) is 0 Å². The zero-order valence-corrected chi connectivity index (χ0v) is 14.5. The summed E-state index contributed by atoms with van der Waals surface area (Å²) in [7, 11) is 0. The molecule has 0 bridgehead atoms. The van der Waals surface area contributed by atoms with Crippen LogP contribution in [0.25, 0.3) is 0 Å². The van der Waals surface area contributed by atoms with E-state index in [-0.39, 0.29) is 36.9 Å². The highest BCUT2D eigenvalue weighted by Crippen LogP contribution is 2.29. The van der Waals surface area contributed by atoms with Crippen LogP contribution in [-0.2, 0) is 16.1 Å². The van der Waals surface area contributed by atoms with Gasteiger partial charge in [0.25, 0.3) is 17.4 Å². The van der Waals surface area contributed by atoms with E-state index >= 15 is 0 Å². The second-order valence-corrected chi connectivity index (χ2v) is 6.49. The van der Waals surface area contributed by atoms with Gasteiger partial charge in [-0.05, 0) is 24.1 Å². The highest BCUT2D eigenvalue weighted by Gasteiger charge is 2.39. The van der Waals surface area contributed by atoms with Gasteiger partial charge in [-0.15, -0.1) is 0 Å². The maximum absolute atomic E-state index is 12.8. The Kier molecular flexibility index (Phi) is 4.22. The lowest BCUT2D eigenvalue weighted by Crippen LogP contribution is -2.52. The van der Waals surface area contributed by atoms with Crippen molar-refractivity contribution in [2.45, 2.75) is 25.4 Å². The zero-order chi connectivity index (χ0) is 19.8. The number of carbonyl (C=O) groups is 4. The topological polar surface area (TPSA) is 141 Å². The minimum Gasteiger partial charge on any atom is -0.326 e. The van der Waals surface area contributed by atoms with Crippen molar-refractivity contribution >= 4 is 29.3 Å². The number of rotatable bonds is 3. The van der Waals surface area contributed by atoms with Crippen LogP contribution in [0.5, 0.6) is 0 Å². The lowest BCUT2D eigenvalue weighted by molar-refractivity contribution is -0.136. The van der Waals surface area contributed by atoms with E-state index in [0.717, 1.165) is 0 Å². The summed E-state index contributed by atoms with van der Waals surface area (Å²) >= 11 is 0. The highest BCUT2D eigenvalue weighted by atomic mass is 16.2. The van der Waals surface area contributed by atoms with Crippen molar-refractivity contribution in [2.75, 3.05) is 5.32 Å². The number of imide groups is 1. The minimum absolute atomic E-state index is 0.177. The van der Waals surface area contributed by atoms with Gasteiger partial charge in [0.05, 0.1) is 0 Å². The summed E-state index contributed by atoms with van der Waals surface area (Å²) in [5.41, 5.74) is 0.480. The first-order valence-corrected chi connectivity index (χ1v) is 8.56. The van der Waals surface area contributed by atoms with Gasteiger partial charge in [0.2, 0.25) is 11.8 Å². The van der Waals surface area contributed by atoms with Gasteiger partial charge in [0.1, 0.15) is 6.04 Å². The van der Waals surface area contributed by atoms with Gasteiger partial charge in [0, 0.05) is 36.6 Å². The Bertz CT molecular complexity index is 1080. The Morgan fingerprint density at radius 2 is 2.04 bits per heavy atom. The molecular formula is C18H15N5O5. The smallest absolute Gasteiger partial charge is 0.280 e. The number of aromatic nitrogens is 2. The van der Waals surface area contributed by atoms with Crippen molar-refractivity contribution in [3.8, 4) is 0 Å². The number of fused-ring (bicyclic) bond motifs is 1. The van der Waals surface area contributed by atoms with Gasteiger partial charge >= 0.3 is 0 Å². The fourth-order valence-corrected chi connectivity index (χ4v) is 3.34. The molecule has 2 aliphatic heterocycles. The fraction of sp³-hybridized carbons (Fsp3) is 0.222. The summed E-state index contributed by atoms with van der Waals surface area (Å²) in [6.45, 7) is 0.245. The van der Waals surface area contributed by atoms with Gasteiger partial charge in [-0.2, -0.15) is 0 Å². The van der Waals surface area contributed by atoms with E-state index in [2.05, 4.69) is 20.6 Å². The summed E-state index contributed by atoms with van der Waals surface area (Å²) in [5.74, 6) is -1.88. The number of benzene rings is 1. The van der Waals surface area contributed by atoms with E-state index < -0.39 is 23.4 Å². The molecule has 0 radical (unpaired) electrons. The zero-order valence-electron chi connectivity index (χ0n) is 14.5. The number of aromatic amines is 1. The molecule has 1 atom stereocenters. The average molecular weight is 381 g/mol. The van der Waals surface area contributed by atoms with Crippen molar-refractivity contribution in [1.29, 1.82) is 0 Å². The molecule has 4 amide bonds. The van der Waals surface area contributed by atoms with E-state index in [1.54, 1.807) is 12.1 Å². The minimum atomic E-state index is -0.706. The van der Waals surface area contributed by atoms with Crippen LogP contribution < -0.4 is 16.2 Å². The van der Waals surface area contributed by atoms with E-state index in [0.29, 0.717) is 16.8 Å². The molecule has 1 saturated heterocycles. The molecule has 1 fully saturated rings. The third-order valence-corrected chi connectivity index (χ3v) is 4.71. The molecule has 10 nitrogen and oxygen atoms in total. The summed E-state index contributed by atoms with van der Waals surface area (Å²) in [4.78, 5) is 67.6. The number of piperidine rings is 1. The van der Waals surface area contributed by atoms with Crippen LogP contribution in [0.15, 0.2) is 35.4 Å². The molecule has 1 unspecified atom stereocenters. The molecule has 2 aliphatic rings. The molecular weight excluding hydrogens is 366 g/mol.